The molecule has 2 aliphatic carbocycles. The number of rotatable bonds is 4. The molecule has 0 radical (unpaired) electrons. The first-order chi connectivity index (χ1) is 8.24. The zero-order valence-electron chi connectivity index (χ0n) is 9.74. The second-order valence-electron chi connectivity index (χ2n) is 5.02. The summed E-state index contributed by atoms with van der Waals surface area (Å²) in [6.45, 7) is 0.839. The molecule has 4 heteroatoms. The minimum Gasteiger partial charge on any atom is -0.481 e. The molecule has 0 aliphatic heterocycles. The van der Waals surface area contributed by atoms with Gasteiger partial charge in [-0.2, -0.15) is 0 Å². The second kappa shape index (κ2) is 4.42. The van der Waals surface area contributed by atoms with Gasteiger partial charge >= 0.3 is 5.97 Å². The monoisotopic (exact) mass is 251 g/mol. The molecule has 2 unspecified atom stereocenters. The molecule has 1 aromatic rings. The van der Waals surface area contributed by atoms with E-state index in [9.17, 15) is 4.79 Å². The summed E-state index contributed by atoms with van der Waals surface area (Å²) in [6.07, 6.45) is 5.60. The van der Waals surface area contributed by atoms with Crippen LogP contribution in [-0.2, 0) is 24.2 Å². The normalized spacial score (nSPS) is 26.6. The minimum absolute atomic E-state index is 0.165. The van der Waals surface area contributed by atoms with Crippen molar-refractivity contribution < 1.29 is 9.90 Å². The van der Waals surface area contributed by atoms with E-state index in [2.05, 4.69) is 11.4 Å². The molecule has 3 rings (SSSR count). The van der Waals surface area contributed by atoms with E-state index in [1.165, 1.54) is 29.7 Å². The van der Waals surface area contributed by atoms with Crippen LogP contribution in [0.1, 0.15) is 34.6 Å². The van der Waals surface area contributed by atoms with Crippen molar-refractivity contribution in [1.82, 2.24) is 5.32 Å². The largest absolute Gasteiger partial charge is 0.481 e. The molecule has 1 saturated carbocycles. The van der Waals surface area contributed by atoms with Crippen molar-refractivity contribution in [2.75, 3.05) is 0 Å². The fourth-order valence-electron chi connectivity index (χ4n) is 2.75. The quantitative estimate of drug-likeness (QED) is 0.862. The van der Waals surface area contributed by atoms with Crippen molar-refractivity contribution >= 4 is 17.3 Å². The molecule has 3 nitrogen and oxygen atoms in total. The molecule has 92 valence electrons. The first kappa shape index (κ1) is 11.2. The van der Waals surface area contributed by atoms with Gasteiger partial charge in [-0.25, -0.2) is 0 Å². The summed E-state index contributed by atoms with van der Waals surface area (Å²) in [7, 11) is 0. The number of fused-ring (bicyclic) bond motifs is 1. The summed E-state index contributed by atoms with van der Waals surface area (Å²) >= 11 is 1.90. The van der Waals surface area contributed by atoms with Gasteiger partial charge in [0.1, 0.15) is 0 Å². The first-order valence-electron chi connectivity index (χ1n) is 6.30. The molecule has 1 fully saturated rings. The van der Waals surface area contributed by atoms with Crippen LogP contribution in [-0.4, -0.2) is 17.1 Å². The van der Waals surface area contributed by atoms with Crippen LogP contribution in [0.25, 0.3) is 0 Å². The van der Waals surface area contributed by atoms with Gasteiger partial charge in [0.2, 0.25) is 0 Å². The summed E-state index contributed by atoms with van der Waals surface area (Å²) < 4.78 is 0. The highest BCUT2D eigenvalue weighted by Crippen LogP contribution is 2.32. The van der Waals surface area contributed by atoms with E-state index in [0.29, 0.717) is 0 Å². The van der Waals surface area contributed by atoms with Gasteiger partial charge in [0.25, 0.3) is 0 Å². The predicted molar refractivity (Wildman–Crippen MR) is 67.3 cm³/mol. The van der Waals surface area contributed by atoms with Crippen molar-refractivity contribution in [3.63, 3.8) is 0 Å². The van der Waals surface area contributed by atoms with E-state index >= 15 is 0 Å². The second-order valence-corrected chi connectivity index (χ2v) is 6.25. The standard InChI is InChI=1S/C13H17NO2S/c15-13(16)10-4-5-11(10)14-7-9-6-8-2-1-3-12(8)17-9/h6,10-11,14H,1-5,7H2,(H,15,16). The molecule has 0 saturated heterocycles. The molecule has 2 atom stereocenters. The molecule has 2 N–H and O–H groups in total. The molecular weight excluding hydrogens is 234 g/mol. The highest BCUT2D eigenvalue weighted by atomic mass is 32.1. The SMILES string of the molecule is O=C(O)C1CCC1NCc1cc2c(s1)CCC2. The number of carboxylic acid groups (broad SMARTS) is 1. The molecule has 1 aromatic heterocycles. The van der Waals surface area contributed by atoms with Crippen molar-refractivity contribution in [1.29, 1.82) is 0 Å². The maximum Gasteiger partial charge on any atom is 0.308 e. The number of hydrogen-bond donors (Lipinski definition) is 2. The van der Waals surface area contributed by atoms with Crippen molar-refractivity contribution in [2.45, 2.75) is 44.7 Å². The highest BCUT2D eigenvalue weighted by Gasteiger charge is 2.36. The lowest BCUT2D eigenvalue weighted by Gasteiger charge is -2.34. The van der Waals surface area contributed by atoms with Gasteiger partial charge in [-0.05, 0) is 43.7 Å². The fourth-order valence-corrected chi connectivity index (χ4v) is 3.96. The smallest absolute Gasteiger partial charge is 0.308 e. The third kappa shape index (κ3) is 2.11. The van der Waals surface area contributed by atoms with Gasteiger partial charge in [0.15, 0.2) is 0 Å². The van der Waals surface area contributed by atoms with Gasteiger partial charge in [-0.3, -0.25) is 4.79 Å². The van der Waals surface area contributed by atoms with Gasteiger partial charge in [-0.1, -0.05) is 0 Å². The van der Waals surface area contributed by atoms with E-state index in [0.717, 1.165) is 19.4 Å². The van der Waals surface area contributed by atoms with Gasteiger partial charge in [0, 0.05) is 22.3 Å². The molecule has 0 amide bonds. The van der Waals surface area contributed by atoms with Crippen molar-refractivity contribution in [2.24, 2.45) is 5.92 Å². The van der Waals surface area contributed by atoms with E-state index < -0.39 is 5.97 Å². The average molecular weight is 251 g/mol. The van der Waals surface area contributed by atoms with Crippen molar-refractivity contribution in [3.8, 4) is 0 Å². The van der Waals surface area contributed by atoms with Crippen LogP contribution in [0.3, 0.4) is 0 Å². The maximum atomic E-state index is 10.9. The number of carboxylic acids is 1. The summed E-state index contributed by atoms with van der Waals surface area (Å²) in [5, 5.41) is 12.3. The summed E-state index contributed by atoms with van der Waals surface area (Å²) in [4.78, 5) is 13.8. The van der Waals surface area contributed by atoms with Crippen molar-refractivity contribution in [3.05, 3.63) is 21.4 Å². The van der Waals surface area contributed by atoms with E-state index in [1.807, 2.05) is 11.3 Å². The lowest BCUT2D eigenvalue weighted by Crippen LogP contribution is -2.47. The third-order valence-electron chi connectivity index (χ3n) is 3.93. The molecule has 2 aliphatic rings. The summed E-state index contributed by atoms with van der Waals surface area (Å²) in [5.41, 5.74) is 1.52. The number of carbonyl (C=O) groups is 1. The van der Waals surface area contributed by atoms with Gasteiger partial charge < -0.3 is 10.4 Å². The summed E-state index contributed by atoms with van der Waals surface area (Å²) in [5.74, 6) is -0.816. The van der Waals surface area contributed by atoms with Crippen LogP contribution < -0.4 is 5.32 Å². The Labute approximate surface area is 105 Å². The molecule has 17 heavy (non-hydrogen) atoms. The third-order valence-corrected chi connectivity index (χ3v) is 5.16. The number of aryl methyl sites for hydroxylation is 2. The Balaban J connectivity index is 1.55. The zero-order chi connectivity index (χ0) is 11.8. The zero-order valence-corrected chi connectivity index (χ0v) is 10.6. The minimum atomic E-state index is -0.651. The predicted octanol–water partition coefficient (Wildman–Crippen LogP) is 2.19. The fraction of sp³-hybridized carbons (Fsp3) is 0.615. The molecule has 0 aromatic carbocycles. The van der Waals surface area contributed by atoms with Crippen LogP contribution in [0.15, 0.2) is 6.07 Å². The average Bonchev–Trinajstić information content (AvgIpc) is 2.74. The Morgan fingerprint density at radius 1 is 1.47 bits per heavy atom. The van der Waals surface area contributed by atoms with Crippen LogP contribution in [0, 0.1) is 5.92 Å². The van der Waals surface area contributed by atoms with E-state index in [-0.39, 0.29) is 12.0 Å². The van der Waals surface area contributed by atoms with Crippen LogP contribution >= 0.6 is 11.3 Å². The Bertz CT molecular complexity index is 419. The molecule has 0 bridgehead atoms. The number of aliphatic carboxylic acids is 1. The number of hydrogen-bond acceptors (Lipinski definition) is 3. The molecular formula is C13H17NO2S. The topological polar surface area (TPSA) is 49.3 Å². The molecule has 0 spiro atoms. The summed E-state index contributed by atoms with van der Waals surface area (Å²) in [6, 6.07) is 2.48. The number of thiophene rings is 1. The molecule has 1 heterocycles. The first-order valence-corrected chi connectivity index (χ1v) is 7.12. The Kier molecular flexibility index (Phi) is 2.92. The van der Waals surface area contributed by atoms with Crippen LogP contribution in [0.5, 0.6) is 0 Å². The van der Waals surface area contributed by atoms with Gasteiger partial charge in [0.05, 0.1) is 5.92 Å². The Hall–Kier alpha value is -0.870. The number of nitrogens with one attached hydrogen (secondary N) is 1. The van der Waals surface area contributed by atoms with E-state index in [4.69, 9.17) is 5.11 Å². The Morgan fingerprint density at radius 3 is 3.00 bits per heavy atom. The van der Waals surface area contributed by atoms with Crippen LogP contribution in [0.2, 0.25) is 0 Å². The maximum absolute atomic E-state index is 10.9. The Morgan fingerprint density at radius 2 is 2.35 bits per heavy atom. The van der Waals surface area contributed by atoms with Crippen LogP contribution in [0.4, 0.5) is 0 Å². The lowest BCUT2D eigenvalue weighted by atomic mass is 9.79. The highest BCUT2D eigenvalue weighted by molar-refractivity contribution is 7.12. The lowest BCUT2D eigenvalue weighted by molar-refractivity contribution is -0.146. The van der Waals surface area contributed by atoms with E-state index in [1.54, 1.807) is 4.88 Å². The van der Waals surface area contributed by atoms with Gasteiger partial charge in [-0.15, -0.1) is 11.3 Å².